The van der Waals surface area contributed by atoms with Crippen LogP contribution in [0.3, 0.4) is 0 Å². The van der Waals surface area contributed by atoms with Crippen LogP contribution < -0.4 is 10.2 Å². The van der Waals surface area contributed by atoms with Gasteiger partial charge < -0.3 is 10.2 Å². The molecule has 35 heavy (non-hydrogen) atoms. The number of anilines is 2. The fraction of sp³-hybridized carbons (Fsp3) is 0.481. The topological polar surface area (TPSA) is 86.8 Å². The number of amides is 2. The van der Waals surface area contributed by atoms with Crippen LogP contribution in [-0.2, 0) is 26.0 Å². The Hall–Kier alpha value is -2.71. The molecule has 5 rings (SSSR count). The minimum Gasteiger partial charge on any atom is -0.326 e. The number of rotatable bonds is 5. The van der Waals surface area contributed by atoms with E-state index in [2.05, 4.69) is 5.32 Å². The van der Waals surface area contributed by atoms with Crippen LogP contribution in [-0.4, -0.2) is 43.7 Å². The third-order valence-electron chi connectivity index (χ3n) is 7.60. The molecule has 2 heterocycles. The van der Waals surface area contributed by atoms with Crippen LogP contribution in [0.4, 0.5) is 11.4 Å². The summed E-state index contributed by atoms with van der Waals surface area (Å²) in [6.07, 6.45) is 3.82. The Morgan fingerprint density at radius 1 is 0.971 bits per heavy atom. The highest BCUT2D eigenvalue weighted by atomic mass is 32.2. The van der Waals surface area contributed by atoms with E-state index in [9.17, 15) is 18.0 Å². The standard InChI is InChI=1S/C27H33N3O4S/c1-17-6-9-23(13-18(17)2)28-26(31)21-5-4-12-29(16-21)35(33,34)24-10-11-25-22(15-24)14-19(3)30(25)27(32)20-7-8-20/h6,9-11,13,15,19-21H,4-5,7-8,12,14,16H2,1-3H3,(H,28,31)/t19-,21-/m1/s1. The molecule has 3 aliphatic rings. The average molecular weight is 496 g/mol. The Balaban J connectivity index is 1.31. The molecule has 0 aromatic heterocycles. The first-order valence-electron chi connectivity index (χ1n) is 12.5. The molecule has 0 bridgehead atoms. The van der Waals surface area contributed by atoms with Crippen molar-refractivity contribution in [2.75, 3.05) is 23.3 Å². The number of hydrogen-bond acceptors (Lipinski definition) is 4. The summed E-state index contributed by atoms with van der Waals surface area (Å²) < 4.78 is 28.5. The van der Waals surface area contributed by atoms with Gasteiger partial charge in [0.05, 0.1) is 10.8 Å². The SMILES string of the molecule is Cc1ccc(NC(=O)[C@@H]2CCCN(S(=O)(=O)c3ccc4c(c3)C[C@@H](C)N4C(=O)C3CC3)C2)cc1C. The fourth-order valence-electron chi connectivity index (χ4n) is 5.22. The summed E-state index contributed by atoms with van der Waals surface area (Å²) in [5.74, 6) is -0.279. The van der Waals surface area contributed by atoms with Crippen LogP contribution in [0.1, 0.15) is 49.3 Å². The Morgan fingerprint density at radius 3 is 2.46 bits per heavy atom. The first-order valence-corrected chi connectivity index (χ1v) is 13.9. The summed E-state index contributed by atoms with van der Waals surface area (Å²) >= 11 is 0. The van der Waals surface area contributed by atoms with Crippen molar-refractivity contribution in [3.8, 4) is 0 Å². The van der Waals surface area contributed by atoms with E-state index in [1.54, 1.807) is 18.2 Å². The van der Waals surface area contributed by atoms with Gasteiger partial charge in [0.2, 0.25) is 21.8 Å². The summed E-state index contributed by atoms with van der Waals surface area (Å²) in [6.45, 7) is 6.59. The van der Waals surface area contributed by atoms with Crippen molar-refractivity contribution in [1.82, 2.24) is 4.31 Å². The maximum atomic E-state index is 13.5. The average Bonchev–Trinajstić information content (AvgIpc) is 3.63. The molecule has 7 nitrogen and oxygen atoms in total. The van der Waals surface area contributed by atoms with Gasteiger partial charge in [-0.25, -0.2) is 8.42 Å². The zero-order chi connectivity index (χ0) is 24.9. The molecule has 0 spiro atoms. The van der Waals surface area contributed by atoms with Crippen LogP contribution in [0.25, 0.3) is 0 Å². The van der Waals surface area contributed by atoms with E-state index in [0.29, 0.717) is 25.8 Å². The Morgan fingerprint density at radius 2 is 1.74 bits per heavy atom. The van der Waals surface area contributed by atoms with Crippen molar-refractivity contribution in [3.05, 3.63) is 53.1 Å². The first-order chi connectivity index (χ1) is 16.6. The molecule has 2 aliphatic heterocycles. The maximum absolute atomic E-state index is 13.5. The number of carbonyl (C=O) groups excluding carboxylic acids is 2. The maximum Gasteiger partial charge on any atom is 0.243 e. The summed E-state index contributed by atoms with van der Waals surface area (Å²) in [4.78, 5) is 27.8. The van der Waals surface area contributed by atoms with Crippen molar-refractivity contribution in [2.45, 2.75) is 63.8 Å². The lowest BCUT2D eigenvalue weighted by atomic mass is 9.98. The summed E-state index contributed by atoms with van der Waals surface area (Å²) in [7, 11) is -3.74. The molecule has 1 aliphatic carbocycles. The number of piperidine rings is 1. The van der Waals surface area contributed by atoms with Crippen LogP contribution in [0.5, 0.6) is 0 Å². The smallest absolute Gasteiger partial charge is 0.243 e. The number of carbonyl (C=O) groups is 2. The monoisotopic (exact) mass is 495 g/mol. The number of benzene rings is 2. The predicted molar refractivity (Wildman–Crippen MR) is 136 cm³/mol. The van der Waals surface area contributed by atoms with Crippen LogP contribution >= 0.6 is 0 Å². The number of fused-ring (bicyclic) bond motifs is 1. The zero-order valence-corrected chi connectivity index (χ0v) is 21.4. The van der Waals surface area contributed by atoms with E-state index in [-0.39, 0.29) is 35.2 Å². The van der Waals surface area contributed by atoms with Gasteiger partial charge in [0.25, 0.3) is 0 Å². The second-order valence-electron chi connectivity index (χ2n) is 10.3. The minimum atomic E-state index is -3.74. The summed E-state index contributed by atoms with van der Waals surface area (Å²) in [5, 5.41) is 2.96. The molecule has 186 valence electrons. The normalized spacial score (nSPS) is 22.7. The Labute approximate surface area is 207 Å². The number of nitrogens with one attached hydrogen (secondary N) is 1. The van der Waals surface area contributed by atoms with Crippen molar-refractivity contribution >= 4 is 33.2 Å². The van der Waals surface area contributed by atoms with Gasteiger partial charge in [-0.05, 0) is 99.9 Å². The molecule has 0 unspecified atom stereocenters. The van der Waals surface area contributed by atoms with Gasteiger partial charge in [0, 0.05) is 36.4 Å². The largest absolute Gasteiger partial charge is 0.326 e. The molecule has 2 fully saturated rings. The second-order valence-corrected chi connectivity index (χ2v) is 12.3. The fourth-order valence-corrected chi connectivity index (χ4v) is 6.79. The molecule has 1 saturated heterocycles. The lowest BCUT2D eigenvalue weighted by molar-refractivity contribution is -0.121. The van der Waals surface area contributed by atoms with Crippen molar-refractivity contribution in [3.63, 3.8) is 0 Å². The van der Waals surface area contributed by atoms with Crippen LogP contribution in [0, 0.1) is 25.7 Å². The van der Waals surface area contributed by atoms with Crippen molar-refractivity contribution in [1.29, 1.82) is 0 Å². The van der Waals surface area contributed by atoms with Gasteiger partial charge in [-0.3, -0.25) is 9.59 Å². The quantitative estimate of drug-likeness (QED) is 0.679. The molecule has 2 amide bonds. The third kappa shape index (κ3) is 4.61. The molecule has 2 atom stereocenters. The molecule has 2 aromatic carbocycles. The van der Waals surface area contributed by atoms with E-state index in [1.807, 2.05) is 43.9 Å². The van der Waals surface area contributed by atoms with Crippen molar-refractivity contribution in [2.24, 2.45) is 11.8 Å². The van der Waals surface area contributed by atoms with E-state index in [0.717, 1.165) is 40.9 Å². The number of nitrogens with zero attached hydrogens (tertiary/aromatic N) is 2. The predicted octanol–water partition coefficient (Wildman–Crippen LogP) is 4.03. The number of hydrogen-bond donors (Lipinski definition) is 1. The molecular weight excluding hydrogens is 462 g/mol. The highest BCUT2D eigenvalue weighted by Gasteiger charge is 2.40. The van der Waals surface area contributed by atoms with Crippen LogP contribution in [0.15, 0.2) is 41.3 Å². The molecule has 1 saturated carbocycles. The molecule has 0 radical (unpaired) electrons. The minimum absolute atomic E-state index is 0.0320. The van der Waals surface area contributed by atoms with E-state index in [1.165, 1.54) is 4.31 Å². The van der Waals surface area contributed by atoms with Gasteiger partial charge in [-0.15, -0.1) is 0 Å². The van der Waals surface area contributed by atoms with E-state index < -0.39 is 15.9 Å². The Bertz CT molecular complexity index is 1290. The van der Waals surface area contributed by atoms with E-state index in [4.69, 9.17) is 0 Å². The van der Waals surface area contributed by atoms with Gasteiger partial charge in [0.15, 0.2) is 0 Å². The summed E-state index contributed by atoms with van der Waals surface area (Å²) in [5.41, 5.74) is 4.71. The highest BCUT2D eigenvalue weighted by molar-refractivity contribution is 7.89. The number of sulfonamides is 1. The van der Waals surface area contributed by atoms with E-state index >= 15 is 0 Å². The third-order valence-corrected chi connectivity index (χ3v) is 9.46. The Kier molecular flexibility index (Phi) is 6.21. The molecular formula is C27H33N3O4S. The molecule has 2 aromatic rings. The molecule has 8 heteroatoms. The summed E-state index contributed by atoms with van der Waals surface area (Å²) in [6, 6.07) is 10.9. The van der Waals surface area contributed by atoms with Gasteiger partial charge in [-0.1, -0.05) is 6.07 Å². The first kappa shape index (κ1) is 24.0. The lowest BCUT2D eigenvalue weighted by Crippen LogP contribution is -2.43. The lowest BCUT2D eigenvalue weighted by Gasteiger charge is -2.31. The zero-order valence-electron chi connectivity index (χ0n) is 20.6. The molecule has 1 N–H and O–H groups in total. The highest BCUT2D eigenvalue weighted by Crippen LogP contribution is 2.40. The van der Waals surface area contributed by atoms with Gasteiger partial charge in [0.1, 0.15) is 0 Å². The number of aryl methyl sites for hydroxylation is 2. The van der Waals surface area contributed by atoms with Gasteiger partial charge in [-0.2, -0.15) is 4.31 Å². The van der Waals surface area contributed by atoms with Crippen LogP contribution in [0.2, 0.25) is 0 Å². The second kappa shape index (κ2) is 9.06. The van der Waals surface area contributed by atoms with Crippen molar-refractivity contribution < 1.29 is 18.0 Å². The van der Waals surface area contributed by atoms with Gasteiger partial charge >= 0.3 is 0 Å².